The number of aromatic nitrogens is 1. The van der Waals surface area contributed by atoms with Crippen molar-refractivity contribution in [3.63, 3.8) is 0 Å². The summed E-state index contributed by atoms with van der Waals surface area (Å²) < 4.78 is 3.79. The normalized spacial score (nSPS) is 33.1. The molecule has 4 heteroatoms. The number of benzene rings is 1. The molecular weight excluding hydrogens is 446 g/mol. The lowest BCUT2D eigenvalue weighted by atomic mass is 9.67. The summed E-state index contributed by atoms with van der Waals surface area (Å²) in [6.07, 6.45) is 18.2. The van der Waals surface area contributed by atoms with E-state index in [-0.39, 0.29) is 0 Å². The van der Waals surface area contributed by atoms with Crippen LogP contribution < -0.4 is 11.5 Å². The van der Waals surface area contributed by atoms with Crippen LogP contribution in [0.3, 0.4) is 0 Å². The summed E-state index contributed by atoms with van der Waals surface area (Å²) in [6, 6.07) is 7.66. The molecule has 3 saturated carbocycles. The first kappa shape index (κ1) is 22.0. The zero-order chi connectivity index (χ0) is 21.4. The first-order chi connectivity index (χ1) is 15.1. The zero-order valence-electron chi connectivity index (χ0n) is 18.9. The molecule has 0 bridgehead atoms. The van der Waals surface area contributed by atoms with Crippen LogP contribution in [0.2, 0.25) is 0 Å². The molecule has 0 radical (unpaired) electrons. The van der Waals surface area contributed by atoms with Crippen LogP contribution >= 0.6 is 15.9 Å². The quantitative estimate of drug-likeness (QED) is 0.505. The molecule has 1 aromatic heterocycles. The van der Waals surface area contributed by atoms with Crippen molar-refractivity contribution in [1.29, 1.82) is 0 Å². The van der Waals surface area contributed by atoms with Gasteiger partial charge in [0.1, 0.15) is 0 Å². The Labute approximate surface area is 196 Å². The summed E-state index contributed by atoms with van der Waals surface area (Å²) in [6.45, 7) is 1.20. The van der Waals surface area contributed by atoms with Crippen LogP contribution in [0, 0.1) is 17.8 Å². The topological polar surface area (TPSA) is 57.0 Å². The molecule has 0 spiro atoms. The van der Waals surface area contributed by atoms with Crippen molar-refractivity contribution in [3.8, 4) is 0 Å². The van der Waals surface area contributed by atoms with Crippen molar-refractivity contribution in [2.75, 3.05) is 0 Å². The lowest BCUT2D eigenvalue weighted by Crippen LogP contribution is -2.45. The third-order valence-corrected chi connectivity index (χ3v) is 9.36. The lowest BCUT2D eigenvalue weighted by Gasteiger charge is -2.41. The molecule has 5 rings (SSSR count). The van der Waals surface area contributed by atoms with Crippen molar-refractivity contribution < 1.29 is 0 Å². The highest BCUT2D eigenvalue weighted by molar-refractivity contribution is 9.10. The van der Waals surface area contributed by atoms with Crippen molar-refractivity contribution in [2.45, 2.75) is 102 Å². The van der Waals surface area contributed by atoms with Gasteiger partial charge in [0.2, 0.25) is 0 Å². The lowest BCUT2D eigenvalue weighted by molar-refractivity contribution is 0.153. The number of fused-ring (bicyclic) bond motifs is 1. The second-order valence-electron chi connectivity index (χ2n) is 10.9. The summed E-state index contributed by atoms with van der Waals surface area (Å²) in [5, 5.41) is 1.48. The SMILES string of the molecule is NC1CCC(N)C(C2CCC(c3cn(CC4CCCCC4)c4ccc(Br)cc34)CC2)C1. The van der Waals surface area contributed by atoms with Crippen LogP contribution in [0.4, 0.5) is 0 Å². The minimum absolute atomic E-state index is 0.370. The monoisotopic (exact) mass is 485 g/mol. The van der Waals surface area contributed by atoms with Crippen molar-refractivity contribution in [1.82, 2.24) is 4.57 Å². The molecule has 1 heterocycles. The van der Waals surface area contributed by atoms with Crippen LogP contribution in [0.25, 0.3) is 10.9 Å². The van der Waals surface area contributed by atoms with E-state index in [1.54, 1.807) is 5.56 Å². The van der Waals surface area contributed by atoms with Gasteiger partial charge in [0.15, 0.2) is 0 Å². The Kier molecular flexibility index (Phi) is 6.78. The third-order valence-electron chi connectivity index (χ3n) is 8.87. The third kappa shape index (κ3) is 4.77. The highest BCUT2D eigenvalue weighted by atomic mass is 79.9. The predicted octanol–water partition coefficient (Wildman–Crippen LogP) is 6.71. The van der Waals surface area contributed by atoms with E-state index in [9.17, 15) is 0 Å². The Hall–Kier alpha value is -0.840. The standard InChI is InChI=1S/C27H40BrN3/c28-21-10-13-27-24(14-21)25(17-31(27)16-18-4-2-1-3-5-18)20-8-6-19(7-9-20)23-15-22(29)11-12-26(23)30/h10,13-14,17-20,22-23,26H,1-9,11-12,15-16,29-30H2. The smallest absolute Gasteiger partial charge is 0.0484 e. The average Bonchev–Trinajstić information content (AvgIpc) is 3.13. The molecule has 3 nitrogen and oxygen atoms in total. The summed E-state index contributed by atoms with van der Waals surface area (Å²) in [5.41, 5.74) is 15.9. The zero-order valence-corrected chi connectivity index (χ0v) is 20.5. The Morgan fingerprint density at radius 1 is 0.903 bits per heavy atom. The molecule has 4 N–H and O–H groups in total. The van der Waals surface area contributed by atoms with Crippen LogP contribution in [-0.4, -0.2) is 16.7 Å². The molecule has 3 aliphatic rings. The number of rotatable bonds is 4. The first-order valence-corrected chi connectivity index (χ1v) is 13.7. The van der Waals surface area contributed by atoms with Crippen LogP contribution in [0.1, 0.15) is 88.5 Å². The molecule has 31 heavy (non-hydrogen) atoms. The second kappa shape index (κ2) is 9.57. The van der Waals surface area contributed by atoms with E-state index >= 15 is 0 Å². The molecule has 0 amide bonds. The van der Waals surface area contributed by atoms with E-state index in [2.05, 4.69) is 44.9 Å². The molecule has 3 fully saturated rings. The summed E-state index contributed by atoms with van der Waals surface area (Å²) in [4.78, 5) is 0. The van der Waals surface area contributed by atoms with Crippen LogP contribution in [-0.2, 0) is 6.54 Å². The maximum atomic E-state index is 6.54. The molecule has 1 aromatic carbocycles. The van der Waals surface area contributed by atoms with Gasteiger partial charge in [-0.05, 0) is 105 Å². The molecule has 3 unspecified atom stereocenters. The van der Waals surface area contributed by atoms with Gasteiger partial charge >= 0.3 is 0 Å². The Bertz CT molecular complexity index is 876. The Morgan fingerprint density at radius 3 is 2.45 bits per heavy atom. The number of nitrogens with zero attached hydrogens (tertiary/aromatic N) is 1. The average molecular weight is 487 g/mol. The fourth-order valence-electron chi connectivity index (χ4n) is 7.08. The number of hydrogen-bond donors (Lipinski definition) is 2. The Balaban J connectivity index is 1.33. The fraction of sp³-hybridized carbons (Fsp3) is 0.704. The first-order valence-electron chi connectivity index (χ1n) is 12.9. The molecule has 3 atom stereocenters. The van der Waals surface area contributed by atoms with Gasteiger partial charge < -0.3 is 16.0 Å². The van der Waals surface area contributed by atoms with Gasteiger partial charge in [0.25, 0.3) is 0 Å². The van der Waals surface area contributed by atoms with E-state index in [0.29, 0.717) is 23.9 Å². The molecule has 0 saturated heterocycles. The maximum absolute atomic E-state index is 6.54. The fourth-order valence-corrected chi connectivity index (χ4v) is 7.45. The van der Waals surface area contributed by atoms with Gasteiger partial charge in [-0.15, -0.1) is 0 Å². The van der Waals surface area contributed by atoms with Crippen LogP contribution in [0.15, 0.2) is 28.9 Å². The van der Waals surface area contributed by atoms with Gasteiger partial charge in [-0.2, -0.15) is 0 Å². The van der Waals surface area contributed by atoms with Crippen LogP contribution in [0.5, 0.6) is 0 Å². The van der Waals surface area contributed by atoms with E-state index in [1.165, 1.54) is 79.7 Å². The number of hydrogen-bond acceptors (Lipinski definition) is 2. The molecular formula is C27H40BrN3. The highest BCUT2D eigenvalue weighted by Crippen LogP contribution is 2.44. The summed E-state index contributed by atoms with van der Waals surface area (Å²) >= 11 is 3.74. The van der Waals surface area contributed by atoms with Gasteiger partial charge in [-0.1, -0.05) is 35.2 Å². The van der Waals surface area contributed by atoms with Gasteiger partial charge in [0.05, 0.1) is 0 Å². The maximum Gasteiger partial charge on any atom is 0.0484 e. The largest absolute Gasteiger partial charge is 0.347 e. The minimum atomic E-state index is 0.370. The van der Waals surface area contributed by atoms with Crippen molar-refractivity contribution in [2.24, 2.45) is 29.2 Å². The molecule has 3 aliphatic carbocycles. The van der Waals surface area contributed by atoms with E-state index in [1.807, 2.05) is 0 Å². The Morgan fingerprint density at radius 2 is 1.68 bits per heavy atom. The highest BCUT2D eigenvalue weighted by Gasteiger charge is 2.35. The van der Waals surface area contributed by atoms with Crippen molar-refractivity contribution in [3.05, 3.63) is 34.4 Å². The van der Waals surface area contributed by atoms with E-state index in [0.717, 1.165) is 31.1 Å². The molecule has 2 aromatic rings. The van der Waals surface area contributed by atoms with Gasteiger partial charge in [-0.3, -0.25) is 0 Å². The second-order valence-corrected chi connectivity index (χ2v) is 11.8. The number of halogens is 1. The molecule has 0 aliphatic heterocycles. The number of nitrogens with two attached hydrogens (primary N) is 2. The van der Waals surface area contributed by atoms with Gasteiger partial charge in [-0.25, -0.2) is 0 Å². The summed E-state index contributed by atoms with van der Waals surface area (Å²) in [5.74, 6) is 2.97. The van der Waals surface area contributed by atoms with E-state index in [4.69, 9.17) is 11.5 Å². The van der Waals surface area contributed by atoms with E-state index < -0.39 is 0 Å². The summed E-state index contributed by atoms with van der Waals surface area (Å²) in [7, 11) is 0. The predicted molar refractivity (Wildman–Crippen MR) is 134 cm³/mol. The molecule has 170 valence electrons. The minimum Gasteiger partial charge on any atom is -0.347 e. The van der Waals surface area contributed by atoms with Gasteiger partial charge in [0, 0.05) is 40.2 Å². The van der Waals surface area contributed by atoms with Crippen molar-refractivity contribution >= 4 is 26.8 Å².